The van der Waals surface area contributed by atoms with Crippen LogP contribution < -0.4 is 14.8 Å². The van der Waals surface area contributed by atoms with Gasteiger partial charge in [0.05, 0.1) is 14.2 Å². The van der Waals surface area contributed by atoms with E-state index in [1.165, 1.54) is 0 Å². The van der Waals surface area contributed by atoms with E-state index in [9.17, 15) is 14.7 Å². The van der Waals surface area contributed by atoms with Crippen LogP contribution in [0.2, 0.25) is 0 Å². The van der Waals surface area contributed by atoms with Gasteiger partial charge in [0.25, 0.3) is 0 Å². The van der Waals surface area contributed by atoms with E-state index in [0.717, 1.165) is 22.4 Å². The van der Waals surface area contributed by atoms with E-state index in [4.69, 9.17) is 14.2 Å². The molecule has 0 radical (unpaired) electrons. The van der Waals surface area contributed by atoms with Crippen LogP contribution in [0.5, 0.6) is 17.2 Å². The normalized spacial score (nSPS) is 12.8. The van der Waals surface area contributed by atoms with Crippen molar-refractivity contribution in [1.29, 1.82) is 0 Å². The van der Waals surface area contributed by atoms with Crippen molar-refractivity contribution in [2.75, 3.05) is 20.8 Å². The molecule has 0 aromatic heterocycles. The molecule has 1 aliphatic heterocycles. The van der Waals surface area contributed by atoms with E-state index >= 15 is 0 Å². The van der Waals surface area contributed by atoms with Crippen molar-refractivity contribution >= 4 is 11.9 Å². The van der Waals surface area contributed by atoms with Crippen LogP contribution in [0.25, 0.3) is 0 Å². The molecular weight excluding hydrogens is 422 g/mol. The summed E-state index contributed by atoms with van der Waals surface area (Å²) in [7, 11) is 3.18. The van der Waals surface area contributed by atoms with Crippen molar-refractivity contribution in [3.05, 3.63) is 63.7 Å². The van der Waals surface area contributed by atoms with Gasteiger partial charge in [-0.3, -0.25) is 4.79 Å². The molecule has 0 spiro atoms. The van der Waals surface area contributed by atoms with Gasteiger partial charge in [0.15, 0.2) is 0 Å². The summed E-state index contributed by atoms with van der Waals surface area (Å²) in [4.78, 5) is 24.3. The minimum absolute atomic E-state index is 0.0193. The highest BCUT2D eigenvalue weighted by Crippen LogP contribution is 2.42. The zero-order valence-electron chi connectivity index (χ0n) is 19.6. The van der Waals surface area contributed by atoms with Gasteiger partial charge in [-0.1, -0.05) is 29.8 Å². The van der Waals surface area contributed by atoms with Gasteiger partial charge in [0.2, 0.25) is 5.91 Å². The maximum absolute atomic E-state index is 12.2. The van der Waals surface area contributed by atoms with E-state index in [2.05, 4.69) is 5.32 Å². The second-order valence-electron chi connectivity index (χ2n) is 8.08. The van der Waals surface area contributed by atoms with Gasteiger partial charge >= 0.3 is 5.97 Å². The molecule has 1 aliphatic rings. The van der Waals surface area contributed by atoms with E-state index in [-0.39, 0.29) is 23.8 Å². The number of rotatable bonds is 10. The number of nitrogens with one attached hydrogen (secondary N) is 1. The fourth-order valence-corrected chi connectivity index (χ4v) is 4.05. The number of amides is 1. The molecule has 2 aromatic carbocycles. The van der Waals surface area contributed by atoms with Gasteiger partial charge in [-0.05, 0) is 50.3 Å². The first-order valence-corrected chi connectivity index (χ1v) is 11.0. The summed E-state index contributed by atoms with van der Waals surface area (Å²) in [6.07, 6.45) is 4.00. The Hall–Kier alpha value is -3.48. The SMILES string of the molecule is COc1ccccc1CCNC(=O)CCC(C)=CCc1c(O)c2c(c(C)c1OC)COC2=O. The fraction of sp³-hybridized carbons (Fsp3) is 0.385. The number of carbonyl (C=O) groups excluding carboxylic acids is 2. The summed E-state index contributed by atoms with van der Waals surface area (Å²) < 4.78 is 15.9. The first kappa shape index (κ1) is 24.2. The number of hydrogen-bond acceptors (Lipinski definition) is 6. The Balaban J connectivity index is 1.56. The minimum atomic E-state index is -0.514. The third kappa shape index (κ3) is 5.48. The molecule has 1 heterocycles. The lowest BCUT2D eigenvalue weighted by molar-refractivity contribution is -0.121. The molecular formula is C26H31NO6. The van der Waals surface area contributed by atoms with Crippen LogP contribution in [0.4, 0.5) is 0 Å². The highest BCUT2D eigenvalue weighted by molar-refractivity contribution is 5.98. The zero-order valence-corrected chi connectivity index (χ0v) is 19.6. The lowest BCUT2D eigenvalue weighted by Crippen LogP contribution is -2.25. The Kier molecular flexibility index (Phi) is 7.98. The number of carbonyl (C=O) groups is 2. The summed E-state index contributed by atoms with van der Waals surface area (Å²) in [5.74, 6) is 0.754. The minimum Gasteiger partial charge on any atom is -0.507 e. The number of para-hydroxylation sites is 1. The van der Waals surface area contributed by atoms with Crippen molar-refractivity contribution in [3.8, 4) is 17.2 Å². The third-order valence-electron chi connectivity index (χ3n) is 5.96. The lowest BCUT2D eigenvalue weighted by Gasteiger charge is -2.15. The average Bonchev–Trinajstić information content (AvgIpc) is 3.21. The van der Waals surface area contributed by atoms with Crippen LogP contribution in [0, 0.1) is 6.92 Å². The van der Waals surface area contributed by atoms with Crippen molar-refractivity contribution in [3.63, 3.8) is 0 Å². The Morgan fingerprint density at radius 1 is 1.21 bits per heavy atom. The molecule has 0 fully saturated rings. The van der Waals surface area contributed by atoms with Crippen LogP contribution in [0.1, 0.15) is 52.4 Å². The number of allylic oxidation sites excluding steroid dienone is 2. The summed E-state index contributed by atoms with van der Waals surface area (Å²) in [5, 5.41) is 13.6. The van der Waals surface area contributed by atoms with Crippen LogP contribution in [-0.2, 0) is 29.0 Å². The van der Waals surface area contributed by atoms with Gasteiger partial charge in [0, 0.05) is 24.1 Å². The smallest absolute Gasteiger partial charge is 0.342 e. The van der Waals surface area contributed by atoms with Crippen molar-refractivity contribution in [1.82, 2.24) is 5.32 Å². The predicted octanol–water partition coefficient (Wildman–Crippen LogP) is 4.02. The Bertz CT molecular complexity index is 1070. The van der Waals surface area contributed by atoms with Crippen LogP contribution in [0.15, 0.2) is 35.9 Å². The van der Waals surface area contributed by atoms with Gasteiger partial charge in [0.1, 0.15) is 29.4 Å². The lowest BCUT2D eigenvalue weighted by atomic mass is 9.94. The number of cyclic esters (lactones) is 1. The molecule has 0 unspecified atom stereocenters. The molecule has 0 bridgehead atoms. The molecule has 0 aliphatic carbocycles. The molecule has 0 saturated heterocycles. The summed E-state index contributed by atoms with van der Waals surface area (Å²) in [6, 6.07) is 7.76. The number of hydrogen-bond donors (Lipinski definition) is 2. The van der Waals surface area contributed by atoms with Crippen LogP contribution in [0.3, 0.4) is 0 Å². The summed E-state index contributed by atoms with van der Waals surface area (Å²) in [6.45, 7) is 4.48. The fourth-order valence-electron chi connectivity index (χ4n) is 4.05. The van der Waals surface area contributed by atoms with Crippen molar-refractivity contribution < 1.29 is 28.9 Å². The van der Waals surface area contributed by atoms with Gasteiger partial charge in [-0.15, -0.1) is 0 Å². The van der Waals surface area contributed by atoms with Gasteiger partial charge in [-0.25, -0.2) is 4.79 Å². The topological polar surface area (TPSA) is 94.1 Å². The molecule has 33 heavy (non-hydrogen) atoms. The first-order chi connectivity index (χ1) is 15.9. The highest BCUT2D eigenvalue weighted by Gasteiger charge is 2.31. The predicted molar refractivity (Wildman–Crippen MR) is 125 cm³/mol. The van der Waals surface area contributed by atoms with Crippen molar-refractivity contribution in [2.45, 2.75) is 46.1 Å². The molecule has 3 rings (SSSR count). The average molecular weight is 454 g/mol. The second-order valence-corrected chi connectivity index (χ2v) is 8.08. The summed E-state index contributed by atoms with van der Waals surface area (Å²) >= 11 is 0. The number of esters is 1. The monoisotopic (exact) mass is 453 g/mol. The molecule has 7 nitrogen and oxygen atoms in total. The Morgan fingerprint density at radius 3 is 2.70 bits per heavy atom. The zero-order chi connectivity index (χ0) is 24.0. The number of fused-ring (bicyclic) bond motifs is 1. The molecule has 7 heteroatoms. The van der Waals surface area contributed by atoms with Crippen LogP contribution in [-0.4, -0.2) is 37.7 Å². The quantitative estimate of drug-likeness (QED) is 0.417. The first-order valence-electron chi connectivity index (χ1n) is 11.0. The number of aromatic hydroxyl groups is 1. The standard InChI is InChI=1S/C26H31NO6/c1-16(10-12-22(28)27-14-13-18-7-5-6-8-21(18)31-3)9-11-19-24(29)23-20(15-33-26(23)30)17(2)25(19)32-4/h5-9,29H,10-15H2,1-4H3,(H,27,28). The largest absolute Gasteiger partial charge is 0.507 e. The number of phenols is 1. The number of methoxy groups -OCH3 is 2. The molecule has 1 amide bonds. The van der Waals surface area contributed by atoms with Gasteiger partial charge < -0.3 is 24.6 Å². The molecule has 0 atom stereocenters. The maximum Gasteiger partial charge on any atom is 0.342 e. The van der Waals surface area contributed by atoms with E-state index in [1.807, 2.05) is 44.2 Å². The Morgan fingerprint density at radius 2 is 1.97 bits per heavy atom. The molecule has 2 aromatic rings. The van der Waals surface area contributed by atoms with E-state index < -0.39 is 5.97 Å². The van der Waals surface area contributed by atoms with Crippen LogP contribution >= 0.6 is 0 Å². The number of phenolic OH excluding ortho intramolecular Hbond substituents is 1. The maximum atomic E-state index is 12.2. The molecule has 0 saturated carbocycles. The highest BCUT2D eigenvalue weighted by atomic mass is 16.5. The van der Waals surface area contributed by atoms with Gasteiger partial charge in [-0.2, -0.15) is 0 Å². The number of ether oxygens (including phenoxy) is 3. The molecule has 176 valence electrons. The Labute approximate surface area is 194 Å². The summed E-state index contributed by atoms with van der Waals surface area (Å²) in [5.41, 5.74) is 4.31. The van der Waals surface area contributed by atoms with E-state index in [1.54, 1.807) is 14.2 Å². The number of benzene rings is 2. The third-order valence-corrected chi connectivity index (χ3v) is 5.96. The van der Waals surface area contributed by atoms with E-state index in [0.29, 0.717) is 49.1 Å². The second kappa shape index (κ2) is 10.9. The molecule has 2 N–H and O–H groups in total. The van der Waals surface area contributed by atoms with Crippen molar-refractivity contribution in [2.24, 2.45) is 0 Å².